The van der Waals surface area contributed by atoms with E-state index in [9.17, 15) is 14.0 Å². The molecule has 0 saturated carbocycles. The maximum Gasteiger partial charge on any atom is 0.340 e. The highest BCUT2D eigenvalue weighted by Crippen LogP contribution is 2.22. The Kier molecular flexibility index (Phi) is 5.16. The van der Waals surface area contributed by atoms with Crippen LogP contribution in [0.4, 0.5) is 4.39 Å². The van der Waals surface area contributed by atoms with E-state index in [0.717, 1.165) is 11.4 Å². The molecule has 0 bridgehead atoms. The highest BCUT2D eigenvalue weighted by atomic mass is 19.1. The largest absolute Gasteiger partial charge is 0.454 e. The Morgan fingerprint density at radius 2 is 1.89 bits per heavy atom. The quantitative estimate of drug-likeness (QED) is 0.506. The number of hydrogen-bond donors (Lipinski definition) is 0. The molecular formula is C21H19FN2O3. The van der Waals surface area contributed by atoms with Gasteiger partial charge in [-0.15, -0.1) is 0 Å². The number of aryl methyl sites for hydroxylation is 2. The third-order valence-electron chi connectivity index (χ3n) is 4.28. The number of nitrogens with zero attached hydrogens (tertiary/aromatic N) is 2. The molecule has 27 heavy (non-hydrogen) atoms. The number of hydrogen-bond acceptors (Lipinski definition) is 4. The Morgan fingerprint density at radius 3 is 2.56 bits per heavy atom. The number of ether oxygens (including phenoxy) is 1. The SMILES string of the molecule is Cc1ccc(C(=O)OCC(=O)c2cc(C)n(-c3cccc(F)c3)c2C)cn1. The van der Waals surface area contributed by atoms with Gasteiger partial charge in [0, 0.05) is 34.5 Å². The minimum atomic E-state index is -0.602. The molecule has 0 aliphatic rings. The number of rotatable bonds is 5. The second-order valence-corrected chi connectivity index (χ2v) is 6.29. The number of benzene rings is 1. The molecular weight excluding hydrogens is 347 g/mol. The van der Waals surface area contributed by atoms with Gasteiger partial charge in [-0.2, -0.15) is 0 Å². The molecule has 138 valence electrons. The fourth-order valence-electron chi connectivity index (χ4n) is 2.94. The number of halogens is 1. The first-order valence-electron chi connectivity index (χ1n) is 8.44. The van der Waals surface area contributed by atoms with Crippen molar-refractivity contribution in [3.8, 4) is 5.69 Å². The van der Waals surface area contributed by atoms with E-state index in [2.05, 4.69) is 4.98 Å². The monoisotopic (exact) mass is 366 g/mol. The number of esters is 1. The van der Waals surface area contributed by atoms with E-state index in [-0.39, 0.29) is 18.2 Å². The molecule has 0 fully saturated rings. The Labute approximate surface area is 156 Å². The lowest BCUT2D eigenvalue weighted by molar-refractivity contribution is 0.0474. The molecule has 5 nitrogen and oxygen atoms in total. The minimum Gasteiger partial charge on any atom is -0.454 e. The summed E-state index contributed by atoms with van der Waals surface area (Å²) in [5, 5.41) is 0. The summed E-state index contributed by atoms with van der Waals surface area (Å²) in [4.78, 5) is 28.6. The van der Waals surface area contributed by atoms with Gasteiger partial charge in [0.05, 0.1) is 5.56 Å². The van der Waals surface area contributed by atoms with Crippen LogP contribution in [0.25, 0.3) is 5.69 Å². The van der Waals surface area contributed by atoms with Crippen LogP contribution in [-0.4, -0.2) is 27.9 Å². The van der Waals surface area contributed by atoms with Crippen LogP contribution in [0.3, 0.4) is 0 Å². The molecule has 0 unspecified atom stereocenters. The maximum atomic E-state index is 13.5. The highest BCUT2D eigenvalue weighted by molar-refractivity contribution is 6.00. The van der Waals surface area contributed by atoms with Crippen LogP contribution in [0, 0.1) is 26.6 Å². The predicted molar refractivity (Wildman–Crippen MR) is 98.8 cm³/mol. The average Bonchev–Trinajstić information content (AvgIpc) is 2.94. The van der Waals surface area contributed by atoms with Gasteiger partial charge in [-0.25, -0.2) is 9.18 Å². The second kappa shape index (κ2) is 7.53. The van der Waals surface area contributed by atoms with Gasteiger partial charge in [-0.05, 0) is 57.2 Å². The van der Waals surface area contributed by atoms with Gasteiger partial charge in [-0.1, -0.05) is 6.07 Å². The summed E-state index contributed by atoms with van der Waals surface area (Å²) in [6.07, 6.45) is 1.41. The van der Waals surface area contributed by atoms with E-state index in [1.807, 2.05) is 13.8 Å². The Morgan fingerprint density at radius 1 is 1.11 bits per heavy atom. The van der Waals surface area contributed by atoms with Crippen molar-refractivity contribution in [2.45, 2.75) is 20.8 Å². The molecule has 3 rings (SSSR count). The zero-order chi connectivity index (χ0) is 19.6. The van der Waals surface area contributed by atoms with Crippen LogP contribution in [0.5, 0.6) is 0 Å². The van der Waals surface area contributed by atoms with Crippen LogP contribution in [0.2, 0.25) is 0 Å². The van der Waals surface area contributed by atoms with E-state index < -0.39 is 5.97 Å². The van der Waals surface area contributed by atoms with Gasteiger partial charge in [0.15, 0.2) is 6.61 Å². The van der Waals surface area contributed by atoms with Crippen LogP contribution in [-0.2, 0) is 4.74 Å². The van der Waals surface area contributed by atoms with E-state index in [0.29, 0.717) is 22.5 Å². The third kappa shape index (κ3) is 3.95. The number of pyridine rings is 1. The first-order valence-corrected chi connectivity index (χ1v) is 8.44. The zero-order valence-electron chi connectivity index (χ0n) is 15.3. The number of Topliss-reactive ketones (excluding diaryl/α,β-unsaturated/α-hetero) is 1. The van der Waals surface area contributed by atoms with E-state index in [4.69, 9.17) is 4.74 Å². The van der Waals surface area contributed by atoms with Crippen molar-refractivity contribution in [2.24, 2.45) is 0 Å². The van der Waals surface area contributed by atoms with Crippen molar-refractivity contribution in [1.82, 2.24) is 9.55 Å². The standard InChI is InChI=1S/C21H19FN2O3/c1-13-7-8-16(11-23-13)21(26)27-12-20(25)19-9-14(2)24(15(19)3)18-6-4-5-17(22)10-18/h4-11H,12H2,1-3H3. The van der Waals surface area contributed by atoms with E-state index >= 15 is 0 Å². The third-order valence-corrected chi connectivity index (χ3v) is 4.28. The molecule has 0 atom stereocenters. The van der Waals surface area contributed by atoms with Gasteiger partial charge in [-0.3, -0.25) is 9.78 Å². The lowest BCUT2D eigenvalue weighted by Crippen LogP contribution is -2.15. The van der Waals surface area contributed by atoms with Gasteiger partial charge >= 0.3 is 5.97 Å². The van der Waals surface area contributed by atoms with Gasteiger partial charge < -0.3 is 9.30 Å². The summed E-state index contributed by atoms with van der Waals surface area (Å²) in [5.41, 5.74) is 3.59. The lowest BCUT2D eigenvalue weighted by atomic mass is 10.1. The maximum absolute atomic E-state index is 13.5. The Balaban J connectivity index is 1.77. The Hall–Kier alpha value is -3.28. The normalized spacial score (nSPS) is 10.7. The average molecular weight is 366 g/mol. The van der Waals surface area contributed by atoms with Gasteiger partial charge in [0.1, 0.15) is 5.82 Å². The molecule has 6 heteroatoms. The first kappa shape index (κ1) is 18.5. The Bertz CT molecular complexity index is 1010. The van der Waals surface area contributed by atoms with Crippen LogP contribution in [0.1, 0.15) is 37.8 Å². The molecule has 0 N–H and O–H groups in total. The van der Waals surface area contributed by atoms with E-state index in [1.54, 1.807) is 41.8 Å². The second-order valence-electron chi connectivity index (χ2n) is 6.29. The molecule has 2 heterocycles. The topological polar surface area (TPSA) is 61.2 Å². The van der Waals surface area contributed by atoms with Crippen molar-refractivity contribution in [1.29, 1.82) is 0 Å². The molecule has 1 aromatic carbocycles. The molecule has 0 spiro atoms. The first-order chi connectivity index (χ1) is 12.9. The highest BCUT2D eigenvalue weighted by Gasteiger charge is 2.19. The zero-order valence-corrected chi connectivity index (χ0v) is 15.3. The molecule has 0 aliphatic heterocycles. The van der Waals surface area contributed by atoms with Gasteiger partial charge in [0.25, 0.3) is 0 Å². The fourth-order valence-corrected chi connectivity index (χ4v) is 2.94. The summed E-state index contributed by atoms with van der Waals surface area (Å²) >= 11 is 0. The molecule has 2 aromatic heterocycles. The number of carbonyl (C=O) groups excluding carboxylic acids is 2. The van der Waals surface area contributed by atoms with E-state index in [1.165, 1.54) is 18.3 Å². The number of ketones is 1. The van der Waals surface area contributed by atoms with Crippen molar-refractivity contribution in [2.75, 3.05) is 6.61 Å². The lowest BCUT2D eigenvalue weighted by Gasteiger charge is -2.10. The summed E-state index contributed by atoms with van der Waals surface area (Å²) in [5.74, 6) is -1.28. The minimum absolute atomic E-state index is 0.290. The smallest absolute Gasteiger partial charge is 0.340 e. The molecule has 0 radical (unpaired) electrons. The summed E-state index contributed by atoms with van der Waals surface area (Å²) < 4.78 is 20.4. The summed E-state index contributed by atoms with van der Waals surface area (Å²) in [6.45, 7) is 5.04. The van der Waals surface area contributed by atoms with Crippen molar-refractivity contribution in [3.05, 3.63) is 82.7 Å². The molecule has 0 amide bonds. The van der Waals surface area contributed by atoms with Crippen molar-refractivity contribution >= 4 is 11.8 Å². The molecule has 3 aromatic rings. The predicted octanol–water partition coefficient (Wildman–Crippen LogP) is 3.98. The molecule has 0 saturated heterocycles. The van der Waals surface area contributed by atoms with Crippen LogP contribution in [0.15, 0.2) is 48.7 Å². The van der Waals surface area contributed by atoms with Crippen LogP contribution >= 0.6 is 0 Å². The molecule has 0 aliphatic carbocycles. The summed E-state index contributed by atoms with van der Waals surface area (Å²) in [7, 11) is 0. The number of carbonyl (C=O) groups is 2. The van der Waals surface area contributed by atoms with Crippen LogP contribution < -0.4 is 0 Å². The fraction of sp³-hybridized carbons (Fsp3) is 0.190. The summed E-state index contributed by atoms with van der Waals surface area (Å²) in [6, 6.07) is 11.2. The van der Waals surface area contributed by atoms with Crippen molar-refractivity contribution < 1.29 is 18.7 Å². The van der Waals surface area contributed by atoms with Gasteiger partial charge in [0.2, 0.25) is 5.78 Å². The van der Waals surface area contributed by atoms with Crippen molar-refractivity contribution in [3.63, 3.8) is 0 Å². The number of aromatic nitrogens is 2.